The summed E-state index contributed by atoms with van der Waals surface area (Å²) < 4.78 is 38.6. The van der Waals surface area contributed by atoms with E-state index in [9.17, 15) is 13.2 Å². The van der Waals surface area contributed by atoms with Gasteiger partial charge in [0, 0.05) is 0 Å². The molecule has 0 nitrogen and oxygen atoms in total. The molecule has 0 bridgehead atoms. The van der Waals surface area contributed by atoms with Crippen LogP contribution in [0.25, 0.3) is 0 Å². The monoisotopic (exact) mass is 238 g/mol. The SMILES string of the molecule is CCC(C)(C)C(C)(C)CC(C)(C)C(F)(F)F. The lowest BCUT2D eigenvalue weighted by Crippen LogP contribution is -2.42. The van der Waals surface area contributed by atoms with Crippen molar-refractivity contribution in [2.75, 3.05) is 0 Å². The summed E-state index contributed by atoms with van der Waals surface area (Å²) in [5, 5.41) is 0. The van der Waals surface area contributed by atoms with E-state index in [0.717, 1.165) is 6.42 Å². The van der Waals surface area contributed by atoms with Crippen molar-refractivity contribution in [2.24, 2.45) is 16.2 Å². The Bertz CT molecular complexity index is 234. The number of halogens is 3. The summed E-state index contributed by atoms with van der Waals surface area (Å²) in [7, 11) is 0. The molecule has 0 N–H and O–H groups in total. The molecular formula is C13H25F3. The molecule has 98 valence electrons. The molecule has 0 saturated carbocycles. The number of hydrogen-bond acceptors (Lipinski definition) is 0. The maximum Gasteiger partial charge on any atom is 0.393 e. The van der Waals surface area contributed by atoms with Crippen LogP contribution in [0.1, 0.15) is 61.3 Å². The van der Waals surface area contributed by atoms with Gasteiger partial charge in [0.05, 0.1) is 5.41 Å². The molecule has 0 radical (unpaired) electrons. The van der Waals surface area contributed by atoms with Crippen LogP contribution in [0.2, 0.25) is 0 Å². The van der Waals surface area contributed by atoms with E-state index >= 15 is 0 Å². The molecule has 0 aliphatic rings. The highest BCUT2D eigenvalue weighted by molar-refractivity contribution is 4.91. The van der Waals surface area contributed by atoms with Gasteiger partial charge < -0.3 is 0 Å². The lowest BCUT2D eigenvalue weighted by atomic mass is 9.60. The normalized spacial score (nSPS) is 15.4. The number of alkyl halides is 3. The Morgan fingerprint density at radius 2 is 1.06 bits per heavy atom. The molecule has 0 atom stereocenters. The lowest BCUT2D eigenvalue weighted by Gasteiger charge is -2.46. The summed E-state index contributed by atoms with van der Waals surface area (Å²) in [6, 6.07) is 0. The van der Waals surface area contributed by atoms with Gasteiger partial charge in [-0.3, -0.25) is 0 Å². The first kappa shape index (κ1) is 15.8. The highest BCUT2D eigenvalue weighted by Gasteiger charge is 2.51. The van der Waals surface area contributed by atoms with Gasteiger partial charge in [-0.1, -0.05) is 54.9 Å². The molecule has 0 aromatic heterocycles. The second-order valence-electron chi connectivity index (χ2n) is 6.68. The van der Waals surface area contributed by atoms with Crippen LogP contribution in [0.15, 0.2) is 0 Å². The molecule has 0 unspecified atom stereocenters. The summed E-state index contributed by atoms with van der Waals surface area (Å²) in [6.45, 7) is 12.6. The van der Waals surface area contributed by atoms with Crippen molar-refractivity contribution in [3.05, 3.63) is 0 Å². The first-order valence-corrected chi connectivity index (χ1v) is 5.83. The molecule has 3 heteroatoms. The van der Waals surface area contributed by atoms with Gasteiger partial charge in [-0.25, -0.2) is 0 Å². The number of hydrogen-bond donors (Lipinski definition) is 0. The van der Waals surface area contributed by atoms with E-state index in [-0.39, 0.29) is 17.3 Å². The molecule has 16 heavy (non-hydrogen) atoms. The molecular weight excluding hydrogens is 213 g/mol. The largest absolute Gasteiger partial charge is 0.393 e. The van der Waals surface area contributed by atoms with Crippen LogP contribution in [0.4, 0.5) is 13.2 Å². The van der Waals surface area contributed by atoms with E-state index in [1.165, 1.54) is 13.8 Å². The smallest absolute Gasteiger partial charge is 0.171 e. The fraction of sp³-hybridized carbons (Fsp3) is 1.00. The molecule has 0 saturated heterocycles. The van der Waals surface area contributed by atoms with E-state index in [4.69, 9.17) is 0 Å². The van der Waals surface area contributed by atoms with Crippen LogP contribution < -0.4 is 0 Å². The second kappa shape index (κ2) is 4.23. The molecule has 0 aromatic carbocycles. The highest BCUT2D eigenvalue weighted by atomic mass is 19.4. The predicted octanol–water partition coefficient (Wildman–Crippen LogP) is 5.43. The van der Waals surface area contributed by atoms with Crippen LogP contribution in [0.5, 0.6) is 0 Å². The summed E-state index contributed by atoms with van der Waals surface area (Å²) in [4.78, 5) is 0. The van der Waals surface area contributed by atoms with E-state index in [1.807, 2.05) is 34.6 Å². The first-order valence-electron chi connectivity index (χ1n) is 5.83. The Balaban J connectivity index is 4.99. The Labute approximate surface area is 97.6 Å². The van der Waals surface area contributed by atoms with Crippen molar-refractivity contribution in [2.45, 2.75) is 67.5 Å². The van der Waals surface area contributed by atoms with Crippen molar-refractivity contribution in [1.29, 1.82) is 0 Å². The van der Waals surface area contributed by atoms with Crippen LogP contribution in [0.3, 0.4) is 0 Å². The van der Waals surface area contributed by atoms with Gasteiger partial charge in [-0.2, -0.15) is 13.2 Å². The molecule has 0 heterocycles. The third-order valence-corrected chi connectivity index (χ3v) is 4.37. The zero-order valence-corrected chi connectivity index (χ0v) is 11.5. The fourth-order valence-electron chi connectivity index (χ4n) is 1.92. The zero-order chi connectivity index (χ0) is 13.4. The molecule has 0 spiro atoms. The average molecular weight is 238 g/mol. The van der Waals surface area contributed by atoms with Gasteiger partial charge in [0.2, 0.25) is 0 Å². The van der Waals surface area contributed by atoms with E-state index in [0.29, 0.717) is 0 Å². The Kier molecular flexibility index (Phi) is 4.17. The standard InChI is InChI=1S/C13H25F3/c1-8-10(2,3)11(4,5)9-12(6,7)13(14,15)16/h8-9H2,1-7H3. The fourth-order valence-corrected chi connectivity index (χ4v) is 1.92. The molecule has 0 aliphatic heterocycles. The quantitative estimate of drug-likeness (QED) is 0.612. The van der Waals surface area contributed by atoms with Gasteiger partial charge in [-0.15, -0.1) is 0 Å². The Morgan fingerprint density at radius 3 is 1.31 bits per heavy atom. The Morgan fingerprint density at radius 1 is 0.688 bits per heavy atom. The third kappa shape index (κ3) is 3.14. The van der Waals surface area contributed by atoms with Crippen molar-refractivity contribution in [3.63, 3.8) is 0 Å². The summed E-state index contributed by atoms with van der Waals surface area (Å²) >= 11 is 0. The minimum absolute atomic E-state index is 0.0878. The maximum atomic E-state index is 12.9. The molecule has 0 aliphatic carbocycles. The second-order valence-corrected chi connectivity index (χ2v) is 6.68. The average Bonchev–Trinajstić information content (AvgIpc) is 1.99. The lowest BCUT2D eigenvalue weighted by molar-refractivity contribution is -0.225. The minimum Gasteiger partial charge on any atom is -0.171 e. The molecule has 0 fully saturated rings. The summed E-state index contributed by atoms with van der Waals surface area (Å²) in [5.41, 5.74) is -2.04. The molecule has 0 amide bonds. The summed E-state index contributed by atoms with van der Waals surface area (Å²) in [5.74, 6) is 0. The third-order valence-electron chi connectivity index (χ3n) is 4.37. The molecule has 0 rings (SSSR count). The minimum atomic E-state index is -4.13. The van der Waals surface area contributed by atoms with Crippen LogP contribution in [0, 0.1) is 16.2 Å². The van der Waals surface area contributed by atoms with Gasteiger partial charge in [0.15, 0.2) is 0 Å². The highest BCUT2D eigenvalue weighted by Crippen LogP contribution is 2.52. The number of rotatable bonds is 4. The van der Waals surface area contributed by atoms with Crippen LogP contribution >= 0.6 is 0 Å². The first-order chi connectivity index (χ1) is 6.77. The Hall–Kier alpha value is -0.210. The zero-order valence-electron chi connectivity index (χ0n) is 11.5. The van der Waals surface area contributed by atoms with Crippen molar-refractivity contribution < 1.29 is 13.2 Å². The van der Waals surface area contributed by atoms with E-state index < -0.39 is 11.6 Å². The van der Waals surface area contributed by atoms with Crippen LogP contribution in [-0.2, 0) is 0 Å². The predicted molar refractivity (Wildman–Crippen MR) is 62.3 cm³/mol. The van der Waals surface area contributed by atoms with Crippen molar-refractivity contribution in [3.8, 4) is 0 Å². The topological polar surface area (TPSA) is 0 Å². The van der Waals surface area contributed by atoms with Crippen molar-refractivity contribution in [1.82, 2.24) is 0 Å². The van der Waals surface area contributed by atoms with Gasteiger partial charge in [0.25, 0.3) is 0 Å². The summed E-state index contributed by atoms with van der Waals surface area (Å²) in [6.07, 6.45) is -3.09. The van der Waals surface area contributed by atoms with Crippen molar-refractivity contribution >= 4 is 0 Å². The maximum absolute atomic E-state index is 12.9. The molecule has 0 aromatic rings. The van der Waals surface area contributed by atoms with Crippen LogP contribution in [-0.4, -0.2) is 6.18 Å². The van der Waals surface area contributed by atoms with E-state index in [2.05, 4.69) is 0 Å². The van der Waals surface area contributed by atoms with Gasteiger partial charge in [0.1, 0.15) is 0 Å². The van der Waals surface area contributed by atoms with Gasteiger partial charge in [-0.05, 0) is 17.3 Å². The van der Waals surface area contributed by atoms with E-state index in [1.54, 1.807) is 0 Å². The van der Waals surface area contributed by atoms with Gasteiger partial charge >= 0.3 is 6.18 Å².